The standard InChI is InChI=1S/C19H26N6O4/c1-12(2)16-21-15(23-29-16)5-7-24(3)18(27)19-10-25(8-13(19)9-28-11-19)17(26)14-4-6-20-22-14/h4,6,12-13H,5,7-11H2,1-3H3,(H,20,22)/t13-,19-/m0/s1. The van der Waals surface area contributed by atoms with Crippen LogP contribution in [0.15, 0.2) is 16.8 Å². The second-order valence-corrected chi connectivity index (χ2v) is 8.20. The van der Waals surface area contributed by atoms with Crippen LogP contribution in [0.5, 0.6) is 0 Å². The summed E-state index contributed by atoms with van der Waals surface area (Å²) >= 11 is 0. The summed E-state index contributed by atoms with van der Waals surface area (Å²) in [5.41, 5.74) is -0.273. The van der Waals surface area contributed by atoms with Gasteiger partial charge in [0.25, 0.3) is 5.91 Å². The van der Waals surface area contributed by atoms with E-state index in [0.717, 1.165) is 0 Å². The molecular weight excluding hydrogens is 376 g/mol. The Morgan fingerprint density at radius 1 is 1.45 bits per heavy atom. The minimum atomic E-state index is -0.704. The van der Waals surface area contributed by atoms with Crippen molar-refractivity contribution in [3.05, 3.63) is 29.7 Å². The molecule has 2 saturated heterocycles. The topological polar surface area (TPSA) is 117 Å². The quantitative estimate of drug-likeness (QED) is 0.756. The van der Waals surface area contributed by atoms with Crippen LogP contribution in [0.25, 0.3) is 0 Å². The minimum absolute atomic E-state index is 0.00695. The zero-order valence-corrected chi connectivity index (χ0v) is 16.9. The summed E-state index contributed by atoms with van der Waals surface area (Å²) in [6.07, 6.45) is 2.06. The number of likely N-dealkylation sites (N-methyl/N-ethyl adjacent to an activating group) is 1. The Morgan fingerprint density at radius 3 is 2.97 bits per heavy atom. The fourth-order valence-electron chi connectivity index (χ4n) is 4.09. The third kappa shape index (κ3) is 3.52. The number of nitrogens with one attached hydrogen (secondary N) is 1. The monoisotopic (exact) mass is 402 g/mol. The normalized spacial score (nSPS) is 23.6. The van der Waals surface area contributed by atoms with Crippen LogP contribution >= 0.6 is 0 Å². The van der Waals surface area contributed by atoms with Gasteiger partial charge in [-0.1, -0.05) is 19.0 Å². The number of ether oxygens (including phenoxy) is 1. The summed E-state index contributed by atoms with van der Waals surface area (Å²) in [4.78, 5) is 33.8. The predicted octanol–water partition coefficient (Wildman–Crippen LogP) is 0.706. The molecule has 2 fully saturated rings. The van der Waals surface area contributed by atoms with Crippen molar-refractivity contribution < 1.29 is 18.8 Å². The average Bonchev–Trinajstić information content (AvgIpc) is 3.48. The van der Waals surface area contributed by atoms with Crippen molar-refractivity contribution in [3.8, 4) is 0 Å². The van der Waals surface area contributed by atoms with Gasteiger partial charge >= 0.3 is 0 Å². The van der Waals surface area contributed by atoms with E-state index in [0.29, 0.717) is 56.7 Å². The molecule has 0 aliphatic carbocycles. The van der Waals surface area contributed by atoms with Crippen LogP contribution in [-0.2, 0) is 16.0 Å². The molecule has 10 nitrogen and oxygen atoms in total. The van der Waals surface area contributed by atoms with E-state index in [4.69, 9.17) is 9.26 Å². The number of carbonyl (C=O) groups excluding carboxylic acids is 2. The van der Waals surface area contributed by atoms with Gasteiger partial charge in [-0.2, -0.15) is 10.1 Å². The van der Waals surface area contributed by atoms with E-state index in [-0.39, 0.29) is 23.7 Å². The molecule has 10 heteroatoms. The number of H-pyrrole nitrogens is 1. The van der Waals surface area contributed by atoms with Crippen molar-refractivity contribution in [2.75, 3.05) is 39.9 Å². The Hall–Kier alpha value is -2.75. The second-order valence-electron chi connectivity index (χ2n) is 8.20. The van der Waals surface area contributed by atoms with Crippen molar-refractivity contribution in [1.29, 1.82) is 0 Å². The summed E-state index contributed by atoms with van der Waals surface area (Å²) in [5.74, 6) is 1.20. The van der Waals surface area contributed by atoms with Gasteiger partial charge in [-0.25, -0.2) is 0 Å². The molecule has 2 aromatic heterocycles. The lowest BCUT2D eigenvalue weighted by Gasteiger charge is -2.30. The van der Waals surface area contributed by atoms with Gasteiger partial charge < -0.3 is 19.1 Å². The van der Waals surface area contributed by atoms with Gasteiger partial charge in [0.2, 0.25) is 11.8 Å². The molecule has 4 rings (SSSR count). The maximum Gasteiger partial charge on any atom is 0.271 e. The molecule has 1 N–H and O–H groups in total. The third-order valence-corrected chi connectivity index (χ3v) is 5.81. The van der Waals surface area contributed by atoms with Crippen LogP contribution in [0.4, 0.5) is 0 Å². The molecule has 0 spiro atoms. The molecule has 4 heterocycles. The molecule has 0 aromatic carbocycles. The number of amides is 2. The molecule has 2 aromatic rings. The number of fused-ring (bicyclic) bond motifs is 1. The first kappa shape index (κ1) is 19.6. The first-order chi connectivity index (χ1) is 13.9. The number of carbonyl (C=O) groups is 2. The highest BCUT2D eigenvalue weighted by Gasteiger charge is 2.57. The summed E-state index contributed by atoms with van der Waals surface area (Å²) in [5, 5.41) is 10.5. The molecule has 2 aliphatic heterocycles. The van der Waals surface area contributed by atoms with Gasteiger partial charge in [-0.05, 0) is 6.07 Å². The third-order valence-electron chi connectivity index (χ3n) is 5.81. The highest BCUT2D eigenvalue weighted by molar-refractivity contribution is 5.94. The number of likely N-dealkylation sites (tertiary alicyclic amines) is 1. The predicted molar refractivity (Wildman–Crippen MR) is 101 cm³/mol. The zero-order chi connectivity index (χ0) is 20.6. The van der Waals surface area contributed by atoms with Gasteiger partial charge in [0.15, 0.2) is 5.82 Å². The summed E-state index contributed by atoms with van der Waals surface area (Å²) in [7, 11) is 1.77. The molecule has 2 aliphatic rings. The lowest BCUT2D eigenvalue weighted by atomic mass is 9.79. The highest BCUT2D eigenvalue weighted by Crippen LogP contribution is 2.43. The molecule has 2 amide bonds. The molecule has 29 heavy (non-hydrogen) atoms. The lowest BCUT2D eigenvalue weighted by molar-refractivity contribution is -0.141. The van der Waals surface area contributed by atoms with Gasteiger partial charge in [0.05, 0.1) is 18.6 Å². The Balaban J connectivity index is 1.42. The van der Waals surface area contributed by atoms with E-state index >= 15 is 0 Å². The van der Waals surface area contributed by atoms with Crippen molar-refractivity contribution in [3.63, 3.8) is 0 Å². The van der Waals surface area contributed by atoms with Crippen molar-refractivity contribution in [2.45, 2.75) is 26.2 Å². The van der Waals surface area contributed by atoms with E-state index in [9.17, 15) is 9.59 Å². The zero-order valence-electron chi connectivity index (χ0n) is 16.9. The Morgan fingerprint density at radius 2 is 2.28 bits per heavy atom. The molecule has 2 atom stereocenters. The molecule has 0 saturated carbocycles. The van der Waals surface area contributed by atoms with E-state index in [2.05, 4.69) is 20.3 Å². The van der Waals surface area contributed by atoms with Crippen LogP contribution in [0.3, 0.4) is 0 Å². The first-order valence-electron chi connectivity index (χ1n) is 9.85. The lowest BCUT2D eigenvalue weighted by Crippen LogP contribution is -2.48. The number of aromatic nitrogens is 4. The summed E-state index contributed by atoms with van der Waals surface area (Å²) in [6, 6.07) is 1.64. The van der Waals surface area contributed by atoms with Crippen molar-refractivity contribution in [2.24, 2.45) is 11.3 Å². The number of hydrogen-bond donors (Lipinski definition) is 1. The first-order valence-corrected chi connectivity index (χ1v) is 9.85. The summed E-state index contributed by atoms with van der Waals surface area (Å²) < 4.78 is 10.9. The second kappa shape index (κ2) is 7.58. The SMILES string of the molecule is CC(C)c1nc(CCN(C)C(=O)[C@@]23COC[C@@H]2CN(C(=O)c2ccn[nH]2)C3)no1. The van der Waals surface area contributed by atoms with E-state index in [1.54, 1.807) is 29.1 Å². The largest absolute Gasteiger partial charge is 0.380 e. The van der Waals surface area contributed by atoms with Gasteiger partial charge in [-0.15, -0.1) is 0 Å². The van der Waals surface area contributed by atoms with Crippen molar-refractivity contribution >= 4 is 11.8 Å². The molecule has 0 bridgehead atoms. The van der Waals surface area contributed by atoms with Crippen LogP contribution in [0, 0.1) is 11.3 Å². The maximum atomic E-state index is 13.4. The Kier molecular flexibility index (Phi) is 5.12. The van der Waals surface area contributed by atoms with Crippen molar-refractivity contribution in [1.82, 2.24) is 30.1 Å². The van der Waals surface area contributed by atoms with Crippen LogP contribution in [-0.4, -0.2) is 81.8 Å². The molecule has 156 valence electrons. The highest BCUT2D eigenvalue weighted by atomic mass is 16.5. The summed E-state index contributed by atoms with van der Waals surface area (Å²) in [6.45, 7) is 6.10. The van der Waals surface area contributed by atoms with Gasteiger partial charge in [0.1, 0.15) is 5.69 Å². The number of rotatable bonds is 6. The smallest absolute Gasteiger partial charge is 0.271 e. The number of aromatic amines is 1. The molecule has 0 unspecified atom stereocenters. The molecule has 0 radical (unpaired) electrons. The fraction of sp³-hybridized carbons (Fsp3) is 0.632. The van der Waals surface area contributed by atoms with Crippen LogP contribution < -0.4 is 0 Å². The number of hydrogen-bond acceptors (Lipinski definition) is 7. The minimum Gasteiger partial charge on any atom is -0.380 e. The maximum absolute atomic E-state index is 13.4. The van der Waals surface area contributed by atoms with E-state index in [1.807, 2.05) is 13.8 Å². The Bertz CT molecular complexity index is 879. The van der Waals surface area contributed by atoms with Gasteiger partial charge in [-0.3, -0.25) is 14.7 Å². The van der Waals surface area contributed by atoms with E-state index in [1.165, 1.54) is 0 Å². The Labute approximate surface area is 168 Å². The van der Waals surface area contributed by atoms with E-state index < -0.39 is 5.41 Å². The van der Waals surface area contributed by atoms with Gasteiger partial charge in [0, 0.05) is 51.1 Å². The molecular formula is C19H26N6O4. The van der Waals surface area contributed by atoms with Crippen LogP contribution in [0.1, 0.15) is 42.0 Å². The fourth-order valence-corrected chi connectivity index (χ4v) is 4.09. The van der Waals surface area contributed by atoms with Crippen LogP contribution in [0.2, 0.25) is 0 Å². The average molecular weight is 402 g/mol. The number of nitrogens with zero attached hydrogens (tertiary/aromatic N) is 5.